The number of benzene rings is 1. The fraction of sp³-hybridized carbons (Fsp3) is 0.542. The van der Waals surface area contributed by atoms with Gasteiger partial charge in [-0.1, -0.05) is 18.2 Å². The van der Waals surface area contributed by atoms with Crippen molar-refractivity contribution in [3.63, 3.8) is 0 Å². The van der Waals surface area contributed by atoms with Crippen LogP contribution in [-0.2, 0) is 6.54 Å². The van der Waals surface area contributed by atoms with Crippen LogP contribution in [0.3, 0.4) is 0 Å². The molecule has 35 heavy (non-hydrogen) atoms. The number of halogens is 3. The molecule has 2 heterocycles. The van der Waals surface area contributed by atoms with Crippen LogP contribution in [0, 0.1) is 16.0 Å². The van der Waals surface area contributed by atoms with Gasteiger partial charge >= 0.3 is 12.0 Å². The van der Waals surface area contributed by atoms with E-state index in [2.05, 4.69) is 25.3 Å². The smallest absolute Gasteiger partial charge is 0.405 e. The number of anilines is 2. The summed E-state index contributed by atoms with van der Waals surface area (Å²) >= 11 is 0. The standard InChI is InChI=1S/C24H30F3N5O3/c25-24(26,27)35-22-6-2-1-5-18(22)15-29-23-13-20(21(16-30-23)32(33)34)28-14-17-7-9-19(10-8-17)31-11-3-4-12-31/h1-2,5-6,13,16-17,19H,3-4,7-12,14-15H2,(H2,28,29,30). The van der Waals surface area contributed by atoms with Gasteiger partial charge in [-0.05, 0) is 63.6 Å². The van der Waals surface area contributed by atoms with Crippen LogP contribution >= 0.6 is 0 Å². The molecule has 1 aromatic heterocycles. The number of nitro groups is 1. The number of likely N-dealkylation sites (tertiary alicyclic amines) is 1. The van der Waals surface area contributed by atoms with E-state index in [4.69, 9.17) is 0 Å². The van der Waals surface area contributed by atoms with Crippen LogP contribution in [0.4, 0.5) is 30.4 Å². The minimum atomic E-state index is -4.80. The summed E-state index contributed by atoms with van der Waals surface area (Å²) in [4.78, 5) is 17.7. The Kier molecular flexibility index (Phi) is 7.94. The molecule has 0 spiro atoms. The van der Waals surface area contributed by atoms with Crippen LogP contribution in [0.1, 0.15) is 44.1 Å². The van der Waals surface area contributed by atoms with Crippen LogP contribution in [0.2, 0.25) is 0 Å². The monoisotopic (exact) mass is 493 g/mol. The van der Waals surface area contributed by atoms with E-state index in [1.807, 2.05) is 0 Å². The number of ether oxygens (including phenoxy) is 1. The first-order valence-corrected chi connectivity index (χ1v) is 12.0. The van der Waals surface area contributed by atoms with Gasteiger partial charge in [0.1, 0.15) is 23.5 Å². The predicted octanol–water partition coefficient (Wildman–Crippen LogP) is 5.57. The van der Waals surface area contributed by atoms with E-state index < -0.39 is 11.3 Å². The molecule has 2 aromatic rings. The zero-order chi connectivity index (χ0) is 24.8. The van der Waals surface area contributed by atoms with Gasteiger partial charge in [0, 0.05) is 30.8 Å². The number of hydrogen-bond donors (Lipinski definition) is 2. The molecule has 0 amide bonds. The largest absolute Gasteiger partial charge is 0.573 e. The van der Waals surface area contributed by atoms with Crippen molar-refractivity contribution in [1.29, 1.82) is 0 Å². The van der Waals surface area contributed by atoms with Crippen molar-refractivity contribution >= 4 is 17.2 Å². The van der Waals surface area contributed by atoms with Crippen LogP contribution < -0.4 is 15.4 Å². The minimum absolute atomic E-state index is 0.0109. The lowest BCUT2D eigenvalue weighted by Crippen LogP contribution is -2.37. The van der Waals surface area contributed by atoms with Crippen molar-refractivity contribution in [3.05, 3.63) is 52.2 Å². The molecule has 0 radical (unpaired) electrons. The highest BCUT2D eigenvalue weighted by molar-refractivity contribution is 5.65. The predicted molar refractivity (Wildman–Crippen MR) is 126 cm³/mol. The lowest BCUT2D eigenvalue weighted by atomic mass is 9.85. The average Bonchev–Trinajstić information content (AvgIpc) is 3.36. The Morgan fingerprint density at radius 2 is 1.83 bits per heavy atom. The van der Waals surface area contributed by atoms with Gasteiger partial charge in [0.2, 0.25) is 0 Å². The third-order valence-corrected chi connectivity index (χ3v) is 6.79. The highest BCUT2D eigenvalue weighted by atomic mass is 19.4. The second-order valence-electron chi connectivity index (χ2n) is 9.15. The fourth-order valence-corrected chi connectivity index (χ4v) is 4.97. The molecule has 2 fully saturated rings. The number of para-hydroxylation sites is 1. The minimum Gasteiger partial charge on any atom is -0.405 e. The number of rotatable bonds is 9. The zero-order valence-electron chi connectivity index (χ0n) is 19.4. The van der Waals surface area contributed by atoms with E-state index in [9.17, 15) is 23.3 Å². The van der Waals surface area contributed by atoms with Crippen molar-refractivity contribution < 1.29 is 22.8 Å². The Morgan fingerprint density at radius 3 is 2.51 bits per heavy atom. The molecule has 1 aromatic carbocycles. The van der Waals surface area contributed by atoms with Crippen LogP contribution in [0.5, 0.6) is 5.75 Å². The summed E-state index contributed by atoms with van der Waals surface area (Å²) in [7, 11) is 0. The van der Waals surface area contributed by atoms with Crippen molar-refractivity contribution in [2.45, 2.75) is 57.5 Å². The Hall–Kier alpha value is -3.08. The Morgan fingerprint density at radius 1 is 1.11 bits per heavy atom. The second-order valence-corrected chi connectivity index (χ2v) is 9.15. The molecule has 1 saturated heterocycles. The summed E-state index contributed by atoms with van der Waals surface area (Å²) in [6.07, 6.45) is 3.38. The zero-order valence-corrected chi connectivity index (χ0v) is 19.4. The van der Waals surface area contributed by atoms with Crippen LogP contribution in [0.15, 0.2) is 36.5 Å². The molecular weight excluding hydrogens is 463 g/mol. The highest BCUT2D eigenvalue weighted by Crippen LogP contribution is 2.32. The Balaban J connectivity index is 1.36. The Labute approximate surface area is 202 Å². The SMILES string of the molecule is O=[N+]([O-])c1cnc(NCc2ccccc2OC(F)(F)F)cc1NCC1CCC(N2CCCC2)CC1. The van der Waals surface area contributed by atoms with Gasteiger partial charge in [-0.25, -0.2) is 4.98 Å². The molecule has 2 N–H and O–H groups in total. The summed E-state index contributed by atoms with van der Waals surface area (Å²) < 4.78 is 42.1. The molecule has 0 unspecified atom stereocenters. The molecule has 11 heteroatoms. The molecule has 0 bridgehead atoms. The molecule has 1 aliphatic heterocycles. The number of nitrogens with zero attached hydrogens (tertiary/aromatic N) is 3. The highest BCUT2D eigenvalue weighted by Gasteiger charge is 2.32. The van der Waals surface area contributed by atoms with Gasteiger partial charge in [0.05, 0.1) is 4.92 Å². The molecule has 2 aliphatic rings. The van der Waals surface area contributed by atoms with E-state index in [0.717, 1.165) is 31.9 Å². The molecule has 1 saturated carbocycles. The third kappa shape index (κ3) is 6.97. The van der Waals surface area contributed by atoms with Crippen LogP contribution in [-0.4, -0.2) is 46.8 Å². The lowest BCUT2D eigenvalue weighted by Gasteiger charge is -2.34. The molecule has 1 aliphatic carbocycles. The van der Waals surface area contributed by atoms with E-state index in [1.54, 1.807) is 6.07 Å². The van der Waals surface area contributed by atoms with Crippen molar-refractivity contribution in [1.82, 2.24) is 9.88 Å². The van der Waals surface area contributed by atoms with Gasteiger partial charge in [0.15, 0.2) is 0 Å². The van der Waals surface area contributed by atoms with Crippen molar-refractivity contribution in [2.24, 2.45) is 5.92 Å². The van der Waals surface area contributed by atoms with E-state index in [-0.39, 0.29) is 23.5 Å². The molecule has 190 valence electrons. The normalized spacial score (nSPS) is 21.0. The number of alkyl halides is 3. The lowest BCUT2D eigenvalue weighted by molar-refractivity contribution is -0.384. The number of pyridine rings is 1. The van der Waals surface area contributed by atoms with Crippen molar-refractivity contribution in [2.75, 3.05) is 30.3 Å². The van der Waals surface area contributed by atoms with Gasteiger partial charge in [0.25, 0.3) is 0 Å². The number of hydrogen-bond acceptors (Lipinski definition) is 7. The maximum absolute atomic E-state index is 12.7. The second kappa shape index (κ2) is 11.1. The van der Waals surface area contributed by atoms with Gasteiger partial charge in [-0.3, -0.25) is 10.1 Å². The number of aromatic nitrogens is 1. The molecule has 4 rings (SSSR count). The van der Waals surface area contributed by atoms with Crippen LogP contribution in [0.25, 0.3) is 0 Å². The van der Waals surface area contributed by atoms with E-state index in [0.29, 0.717) is 30.0 Å². The topological polar surface area (TPSA) is 92.6 Å². The first kappa shape index (κ1) is 25.0. The van der Waals surface area contributed by atoms with E-state index >= 15 is 0 Å². The summed E-state index contributed by atoms with van der Waals surface area (Å²) in [6, 6.07) is 7.99. The summed E-state index contributed by atoms with van der Waals surface area (Å²) in [6.45, 7) is 3.02. The average molecular weight is 494 g/mol. The quantitative estimate of drug-likeness (QED) is 0.349. The van der Waals surface area contributed by atoms with E-state index in [1.165, 1.54) is 50.2 Å². The summed E-state index contributed by atoms with van der Waals surface area (Å²) in [5.41, 5.74) is 0.491. The number of nitrogens with one attached hydrogen (secondary N) is 2. The molecule has 8 nitrogen and oxygen atoms in total. The summed E-state index contributed by atoms with van der Waals surface area (Å²) in [5, 5.41) is 17.7. The maximum Gasteiger partial charge on any atom is 0.573 e. The molecule has 0 atom stereocenters. The first-order chi connectivity index (χ1) is 16.8. The molecular formula is C24H30F3N5O3. The van der Waals surface area contributed by atoms with Crippen molar-refractivity contribution in [3.8, 4) is 5.75 Å². The first-order valence-electron chi connectivity index (χ1n) is 12.0. The fourth-order valence-electron chi connectivity index (χ4n) is 4.97. The Bertz CT molecular complexity index is 1010. The maximum atomic E-state index is 12.7. The van der Waals surface area contributed by atoms with Gasteiger partial charge in [-0.15, -0.1) is 13.2 Å². The third-order valence-electron chi connectivity index (χ3n) is 6.79. The van der Waals surface area contributed by atoms with Gasteiger partial charge in [-0.2, -0.15) is 0 Å². The van der Waals surface area contributed by atoms with Gasteiger partial charge < -0.3 is 20.3 Å². The summed E-state index contributed by atoms with van der Waals surface area (Å²) in [5.74, 6) is 0.444.